The quantitative estimate of drug-likeness (QED) is 0.0482. The highest BCUT2D eigenvalue weighted by molar-refractivity contribution is 7.46. The molecule has 2 atom stereocenters. The van der Waals surface area contributed by atoms with Crippen molar-refractivity contribution in [2.75, 3.05) is 13.2 Å². The van der Waals surface area contributed by atoms with Crippen molar-refractivity contribution in [2.24, 2.45) is 0 Å². The van der Waals surface area contributed by atoms with E-state index in [1.165, 1.54) is 154 Å². The summed E-state index contributed by atoms with van der Waals surface area (Å²) < 4.78 is 22.3. The smallest absolute Gasteiger partial charge is 0.394 e. The fourth-order valence-electron chi connectivity index (χ4n) is 5.84. The molecule has 0 aliphatic carbocycles. The second-order valence-corrected chi connectivity index (χ2v) is 13.9. The van der Waals surface area contributed by atoms with E-state index >= 15 is 0 Å². The van der Waals surface area contributed by atoms with Crippen LogP contribution in [0.4, 0.5) is 0 Å². The molecule has 0 fully saturated rings. The molecular formula is C35H73O6P. The molecule has 0 aromatic carbocycles. The van der Waals surface area contributed by atoms with Crippen molar-refractivity contribution in [2.45, 2.75) is 212 Å². The Morgan fingerprint density at radius 1 is 0.476 bits per heavy atom. The number of unbranched alkanes of at least 4 members (excludes halogenated alkanes) is 26. The minimum atomic E-state index is -4.68. The third kappa shape index (κ3) is 31.5. The maximum Gasteiger partial charge on any atom is 0.470 e. The van der Waals surface area contributed by atoms with Gasteiger partial charge in [-0.25, -0.2) is 4.57 Å². The van der Waals surface area contributed by atoms with Gasteiger partial charge in [-0.15, -0.1) is 0 Å². The highest BCUT2D eigenvalue weighted by atomic mass is 31.2. The maximum absolute atomic E-state index is 11.4. The minimum absolute atomic E-state index is 0.451. The van der Waals surface area contributed by atoms with Crippen LogP contribution in [-0.2, 0) is 13.8 Å². The van der Waals surface area contributed by atoms with Gasteiger partial charge in [-0.05, 0) is 12.8 Å². The molecule has 0 spiro atoms. The van der Waals surface area contributed by atoms with E-state index in [1.807, 2.05) is 0 Å². The molecule has 0 rings (SSSR count). The van der Waals surface area contributed by atoms with Gasteiger partial charge in [0.15, 0.2) is 0 Å². The van der Waals surface area contributed by atoms with Gasteiger partial charge in [0.05, 0.1) is 12.7 Å². The number of phosphoric ester groups is 1. The zero-order chi connectivity index (χ0) is 31.0. The van der Waals surface area contributed by atoms with Crippen molar-refractivity contribution < 1.29 is 28.7 Å². The summed E-state index contributed by atoms with van der Waals surface area (Å²) in [6.07, 6.45) is 35.4. The first kappa shape index (κ1) is 42.0. The molecule has 2 unspecified atom stereocenters. The molecule has 0 aromatic rings. The predicted octanol–water partition coefficient (Wildman–Crippen LogP) is 11.2. The van der Waals surface area contributed by atoms with Gasteiger partial charge in [0.1, 0.15) is 6.10 Å². The molecule has 0 aromatic heterocycles. The lowest BCUT2D eigenvalue weighted by Gasteiger charge is -2.26. The van der Waals surface area contributed by atoms with E-state index < -0.39 is 26.6 Å². The van der Waals surface area contributed by atoms with Crippen LogP contribution >= 0.6 is 7.82 Å². The van der Waals surface area contributed by atoms with Gasteiger partial charge in [0.2, 0.25) is 0 Å². The average Bonchev–Trinajstić information content (AvgIpc) is 2.96. The lowest BCUT2D eigenvalue weighted by molar-refractivity contribution is -0.0604. The van der Waals surface area contributed by atoms with Crippen molar-refractivity contribution in [3.05, 3.63) is 0 Å². The summed E-state index contributed by atoms with van der Waals surface area (Å²) in [4.78, 5) is 18.6. The Kier molecular flexibility index (Phi) is 32.4. The minimum Gasteiger partial charge on any atom is -0.394 e. The van der Waals surface area contributed by atoms with Crippen LogP contribution in [-0.4, -0.2) is 40.3 Å². The van der Waals surface area contributed by atoms with Crippen molar-refractivity contribution in [3.63, 3.8) is 0 Å². The van der Waals surface area contributed by atoms with Gasteiger partial charge in [0.25, 0.3) is 0 Å². The molecule has 0 heterocycles. The number of rotatable bonds is 35. The summed E-state index contributed by atoms with van der Waals surface area (Å²) in [5.41, 5.74) is 0. The summed E-state index contributed by atoms with van der Waals surface area (Å²) >= 11 is 0. The molecule has 6 nitrogen and oxygen atoms in total. The second-order valence-electron chi connectivity index (χ2n) is 12.7. The largest absolute Gasteiger partial charge is 0.470 e. The van der Waals surface area contributed by atoms with Gasteiger partial charge in [0, 0.05) is 6.61 Å². The Balaban J connectivity index is 3.93. The van der Waals surface area contributed by atoms with Crippen LogP contribution in [0.25, 0.3) is 0 Å². The van der Waals surface area contributed by atoms with Crippen LogP contribution in [0.3, 0.4) is 0 Å². The summed E-state index contributed by atoms with van der Waals surface area (Å²) in [5, 5.41) is 9.75. The van der Waals surface area contributed by atoms with Crippen molar-refractivity contribution in [1.29, 1.82) is 0 Å². The van der Waals surface area contributed by atoms with Gasteiger partial charge >= 0.3 is 7.82 Å². The fourth-order valence-corrected chi connectivity index (χ4v) is 6.40. The monoisotopic (exact) mass is 621 g/mol. The fraction of sp³-hybridized carbons (Fsp3) is 1.00. The Morgan fingerprint density at radius 3 is 1.10 bits per heavy atom. The highest BCUT2D eigenvalue weighted by Gasteiger charge is 2.29. The molecule has 0 amide bonds. The molecular weight excluding hydrogens is 547 g/mol. The maximum atomic E-state index is 11.4. The van der Waals surface area contributed by atoms with Crippen molar-refractivity contribution in [1.82, 2.24) is 0 Å². The molecule has 42 heavy (non-hydrogen) atoms. The third-order valence-corrected chi connectivity index (χ3v) is 9.08. The molecule has 0 bridgehead atoms. The van der Waals surface area contributed by atoms with Crippen LogP contribution in [0.5, 0.6) is 0 Å². The summed E-state index contributed by atoms with van der Waals surface area (Å²) in [5.74, 6) is 0. The molecule has 0 aliphatic rings. The van der Waals surface area contributed by atoms with Crippen LogP contribution in [0, 0.1) is 0 Å². The molecule has 0 saturated carbocycles. The molecule has 3 N–H and O–H groups in total. The number of hydrogen-bond acceptors (Lipinski definition) is 4. The first-order valence-corrected chi connectivity index (χ1v) is 19.9. The summed E-state index contributed by atoms with van der Waals surface area (Å²) in [6, 6.07) is 0. The van der Waals surface area contributed by atoms with Crippen molar-refractivity contribution >= 4 is 7.82 Å². The summed E-state index contributed by atoms with van der Waals surface area (Å²) in [6.45, 7) is 4.62. The van der Waals surface area contributed by atoms with Gasteiger partial charge < -0.3 is 19.6 Å². The number of hydrogen-bond donors (Lipinski definition) is 3. The van der Waals surface area contributed by atoms with E-state index in [-0.39, 0.29) is 0 Å². The lowest BCUT2D eigenvalue weighted by Crippen LogP contribution is -2.34. The van der Waals surface area contributed by atoms with Crippen LogP contribution in [0.1, 0.15) is 200 Å². The predicted molar refractivity (Wildman–Crippen MR) is 179 cm³/mol. The standard InChI is InChI=1S/C35H73O6P/c1-3-5-7-9-11-13-15-17-19-21-23-25-27-29-31-34(35(33-36)41-42(37,38)39)40-32-30-28-26-24-22-20-18-16-14-12-10-8-6-4-2/h34-36H,3-33H2,1-2H3,(H2,37,38,39). The number of phosphoric acid groups is 1. The molecule has 0 radical (unpaired) electrons. The third-order valence-electron chi connectivity index (χ3n) is 8.54. The SMILES string of the molecule is CCCCCCCCCCCCCCCCOC(CCCCCCCCCCCCCCCC)C(CO)OP(=O)(O)O. The van der Waals surface area contributed by atoms with Gasteiger partial charge in [-0.2, -0.15) is 0 Å². The Labute approximate surface area is 261 Å². The number of ether oxygens (including phenoxy) is 1. The summed E-state index contributed by atoms with van der Waals surface area (Å²) in [7, 11) is -4.68. The van der Waals surface area contributed by atoms with E-state index in [1.54, 1.807) is 0 Å². The normalized spacial score (nSPS) is 13.5. The number of aliphatic hydroxyl groups is 1. The molecule has 0 saturated heterocycles. The van der Waals surface area contributed by atoms with E-state index in [2.05, 4.69) is 13.8 Å². The molecule has 0 aliphatic heterocycles. The van der Waals surface area contributed by atoms with E-state index in [0.29, 0.717) is 13.0 Å². The Morgan fingerprint density at radius 2 is 0.786 bits per heavy atom. The molecule has 254 valence electrons. The average molecular weight is 621 g/mol. The van der Waals surface area contributed by atoms with E-state index in [4.69, 9.17) is 9.26 Å². The topological polar surface area (TPSA) is 96.2 Å². The Hall–Kier alpha value is 0.0300. The Bertz CT molecular complexity index is 570. The van der Waals surface area contributed by atoms with Crippen LogP contribution < -0.4 is 0 Å². The van der Waals surface area contributed by atoms with E-state index in [9.17, 15) is 19.5 Å². The number of aliphatic hydroxyl groups excluding tert-OH is 1. The van der Waals surface area contributed by atoms with Gasteiger partial charge in [-0.3, -0.25) is 4.52 Å². The highest BCUT2D eigenvalue weighted by Crippen LogP contribution is 2.39. The van der Waals surface area contributed by atoms with Crippen LogP contribution in [0.2, 0.25) is 0 Å². The molecule has 7 heteroatoms. The van der Waals surface area contributed by atoms with Gasteiger partial charge in [-0.1, -0.05) is 187 Å². The van der Waals surface area contributed by atoms with Crippen molar-refractivity contribution in [3.8, 4) is 0 Å². The zero-order valence-corrected chi connectivity index (χ0v) is 29.0. The first-order chi connectivity index (χ1) is 20.4. The second kappa shape index (κ2) is 32.4. The first-order valence-electron chi connectivity index (χ1n) is 18.4. The zero-order valence-electron chi connectivity index (χ0n) is 28.1. The van der Waals surface area contributed by atoms with Crippen LogP contribution in [0.15, 0.2) is 0 Å². The van der Waals surface area contributed by atoms with E-state index in [0.717, 1.165) is 25.7 Å². The lowest BCUT2D eigenvalue weighted by atomic mass is 10.0.